The van der Waals surface area contributed by atoms with E-state index >= 15 is 0 Å². The van der Waals surface area contributed by atoms with E-state index < -0.39 is 0 Å². The lowest BCUT2D eigenvalue weighted by molar-refractivity contribution is 0.0463. The van der Waals surface area contributed by atoms with Gasteiger partial charge in [-0.05, 0) is 42.9 Å². The fourth-order valence-corrected chi connectivity index (χ4v) is 2.88. The Bertz CT molecular complexity index is 466. The SMILES string of the molecule is O=C(OCCC1CCC1)c1cccc2c1CCCN2. The van der Waals surface area contributed by atoms with Crippen LogP contribution in [-0.2, 0) is 11.2 Å². The Morgan fingerprint density at radius 3 is 3.00 bits per heavy atom. The van der Waals surface area contributed by atoms with Gasteiger partial charge in [0.25, 0.3) is 0 Å². The predicted molar refractivity (Wildman–Crippen MR) is 75.5 cm³/mol. The molecule has 1 aliphatic carbocycles. The minimum atomic E-state index is -0.153. The van der Waals surface area contributed by atoms with Crippen molar-refractivity contribution in [1.29, 1.82) is 0 Å². The molecule has 1 fully saturated rings. The highest BCUT2D eigenvalue weighted by Gasteiger charge is 2.20. The van der Waals surface area contributed by atoms with E-state index in [2.05, 4.69) is 5.32 Å². The van der Waals surface area contributed by atoms with Crippen LogP contribution in [0.2, 0.25) is 0 Å². The van der Waals surface area contributed by atoms with E-state index in [1.165, 1.54) is 19.3 Å². The van der Waals surface area contributed by atoms with Gasteiger partial charge in [0.15, 0.2) is 0 Å². The minimum absolute atomic E-state index is 0.153. The molecule has 3 rings (SSSR count). The van der Waals surface area contributed by atoms with Gasteiger partial charge in [-0.25, -0.2) is 4.79 Å². The molecule has 1 saturated carbocycles. The second-order valence-electron chi connectivity index (χ2n) is 5.58. The van der Waals surface area contributed by atoms with Crippen LogP contribution in [0.5, 0.6) is 0 Å². The molecule has 1 heterocycles. The van der Waals surface area contributed by atoms with Gasteiger partial charge in [-0.1, -0.05) is 25.3 Å². The Morgan fingerprint density at radius 2 is 2.21 bits per heavy atom. The lowest BCUT2D eigenvalue weighted by Gasteiger charge is -2.25. The third kappa shape index (κ3) is 2.75. The van der Waals surface area contributed by atoms with Crippen molar-refractivity contribution in [1.82, 2.24) is 0 Å². The van der Waals surface area contributed by atoms with Crippen LogP contribution >= 0.6 is 0 Å². The van der Waals surface area contributed by atoms with Crippen molar-refractivity contribution in [3.8, 4) is 0 Å². The van der Waals surface area contributed by atoms with Crippen LogP contribution < -0.4 is 5.32 Å². The highest BCUT2D eigenvalue weighted by atomic mass is 16.5. The molecule has 0 spiro atoms. The Morgan fingerprint density at radius 1 is 1.32 bits per heavy atom. The van der Waals surface area contributed by atoms with Crippen molar-refractivity contribution >= 4 is 11.7 Å². The fraction of sp³-hybridized carbons (Fsp3) is 0.562. The van der Waals surface area contributed by atoms with Crippen molar-refractivity contribution in [2.24, 2.45) is 5.92 Å². The molecular weight excluding hydrogens is 238 g/mol. The molecule has 0 unspecified atom stereocenters. The van der Waals surface area contributed by atoms with Crippen LogP contribution in [0, 0.1) is 5.92 Å². The van der Waals surface area contributed by atoms with E-state index in [9.17, 15) is 4.79 Å². The third-order valence-corrected chi connectivity index (χ3v) is 4.30. The molecule has 0 amide bonds. The van der Waals surface area contributed by atoms with Crippen molar-refractivity contribution in [3.05, 3.63) is 29.3 Å². The summed E-state index contributed by atoms with van der Waals surface area (Å²) in [5.74, 6) is 0.638. The summed E-state index contributed by atoms with van der Waals surface area (Å²) >= 11 is 0. The maximum absolute atomic E-state index is 12.2. The van der Waals surface area contributed by atoms with Gasteiger partial charge in [0.2, 0.25) is 0 Å². The second kappa shape index (κ2) is 5.64. The molecule has 3 heteroatoms. The maximum atomic E-state index is 12.2. The van der Waals surface area contributed by atoms with Crippen molar-refractivity contribution in [3.63, 3.8) is 0 Å². The summed E-state index contributed by atoms with van der Waals surface area (Å²) in [6.45, 7) is 1.56. The monoisotopic (exact) mass is 259 g/mol. The van der Waals surface area contributed by atoms with Crippen LogP contribution in [0.4, 0.5) is 5.69 Å². The van der Waals surface area contributed by atoms with Crippen LogP contribution in [0.1, 0.15) is 48.0 Å². The number of esters is 1. The summed E-state index contributed by atoms with van der Waals surface area (Å²) in [7, 11) is 0. The number of fused-ring (bicyclic) bond motifs is 1. The van der Waals surface area contributed by atoms with E-state index in [0.717, 1.165) is 48.5 Å². The molecule has 2 aliphatic rings. The summed E-state index contributed by atoms with van der Waals surface area (Å²) in [6, 6.07) is 5.86. The van der Waals surface area contributed by atoms with E-state index in [1.807, 2.05) is 18.2 Å². The molecule has 0 aromatic heterocycles. The molecule has 1 aliphatic heterocycles. The molecule has 1 N–H and O–H groups in total. The van der Waals surface area contributed by atoms with Gasteiger partial charge in [0, 0.05) is 12.2 Å². The summed E-state index contributed by atoms with van der Waals surface area (Å²) < 4.78 is 5.43. The minimum Gasteiger partial charge on any atom is -0.462 e. The smallest absolute Gasteiger partial charge is 0.338 e. The second-order valence-corrected chi connectivity index (χ2v) is 5.58. The number of hydrogen-bond acceptors (Lipinski definition) is 3. The molecule has 19 heavy (non-hydrogen) atoms. The zero-order chi connectivity index (χ0) is 13.1. The average Bonchev–Trinajstić information content (AvgIpc) is 2.40. The Balaban J connectivity index is 1.62. The van der Waals surface area contributed by atoms with Gasteiger partial charge in [0.1, 0.15) is 0 Å². The lowest BCUT2D eigenvalue weighted by Crippen LogP contribution is -2.18. The van der Waals surface area contributed by atoms with Crippen molar-refractivity contribution in [2.45, 2.75) is 38.5 Å². The number of ether oxygens (including phenoxy) is 1. The predicted octanol–water partition coefficient (Wildman–Crippen LogP) is 3.39. The van der Waals surface area contributed by atoms with Crippen LogP contribution in [0.25, 0.3) is 0 Å². The molecule has 1 aromatic carbocycles. The van der Waals surface area contributed by atoms with Gasteiger partial charge in [-0.15, -0.1) is 0 Å². The maximum Gasteiger partial charge on any atom is 0.338 e. The topological polar surface area (TPSA) is 38.3 Å². The number of hydrogen-bond donors (Lipinski definition) is 1. The van der Waals surface area contributed by atoms with E-state index in [-0.39, 0.29) is 5.97 Å². The molecular formula is C16H21NO2. The summed E-state index contributed by atoms with van der Waals surface area (Å²) in [4.78, 5) is 12.2. The molecule has 1 aromatic rings. The standard InChI is InChI=1S/C16H21NO2/c18-16(19-11-9-12-4-1-5-12)14-6-2-8-15-13(14)7-3-10-17-15/h2,6,8,12,17H,1,3-5,7,9-11H2. The number of rotatable bonds is 4. The first-order valence-electron chi connectivity index (χ1n) is 7.37. The van der Waals surface area contributed by atoms with E-state index in [1.54, 1.807) is 0 Å². The number of carbonyl (C=O) groups is 1. The quantitative estimate of drug-likeness (QED) is 0.842. The van der Waals surface area contributed by atoms with Gasteiger partial charge in [-0.3, -0.25) is 0 Å². The molecule has 3 nitrogen and oxygen atoms in total. The zero-order valence-corrected chi connectivity index (χ0v) is 11.3. The largest absolute Gasteiger partial charge is 0.462 e. The third-order valence-electron chi connectivity index (χ3n) is 4.30. The van der Waals surface area contributed by atoms with Gasteiger partial charge in [0.05, 0.1) is 12.2 Å². The number of carbonyl (C=O) groups excluding carboxylic acids is 1. The molecule has 102 valence electrons. The van der Waals surface area contributed by atoms with E-state index in [0.29, 0.717) is 6.61 Å². The average molecular weight is 259 g/mol. The van der Waals surface area contributed by atoms with E-state index in [4.69, 9.17) is 4.74 Å². The number of benzene rings is 1. The molecule has 0 saturated heterocycles. The summed E-state index contributed by atoms with van der Waals surface area (Å²) in [6.07, 6.45) is 7.04. The van der Waals surface area contributed by atoms with Crippen molar-refractivity contribution in [2.75, 3.05) is 18.5 Å². The fourth-order valence-electron chi connectivity index (χ4n) is 2.88. The first-order valence-corrected chi connectivity index (χ1v) is 7.37. The molecule has 0 bridgehead atoms. The summed E-state index contributed by atoms with van der Waals surface area (Å²) in [5, 5.41) is 3.34. The van der Waals surface area contributed by atoms with Gasteiger partial charge >= 0.3 is 5.97 Å². The normalized spacial score (nSPS) is 18.1. The van der Waals surface area contributed by atoms with Crippen LogP contribution in [0.3, 0.4) is 0 Å². The first-order chi connectivity index (χ1) is 9.34. The lowest BCUT2D eigenvalue weighted by atomic mass is 9.83. The zero-order valence-electron chi connectivity index (χ0n) is 11.3. The molecule has 0 radical (unpaired) electrons. The highest BCUT2D eigenvalue weighted by molar-refractivity contribution is 5.93. The Hall–Kier alpha value is -1.51. The van der Waals surface area contributed by atoms with Crippen molar-refractivity contribution < 1.29 is 9.53 Å². The first kappa shape index (κ1) is 12.5. The molecule has 0 atom stereocenters. The number of anilines is 1. The Labute approximate surface area is 114 Å². The number of nitrogens with one attached hydrogen (secondary N) is 1. The van der Waals surface area contributed by atoms with Gasteiger partial charge < -0.3 is 10.1 Å². The highest BCUT2D eigenvalue weighted by Crippen LogP contribution is 2.29. The van der Waals surface area contributed by atoms with Gasteiger partial charge in [-0.2, -0.15) is 0 Å². The van der Waals surface area contributed by atoms with Crippen LogP contribution in [0.15, 0.2) is 18.2 Å². The van der Waals surface area contributed by atoms with Crippen LogP contribution in [-0.4, -0.2) is 19.1 Å². The Kier molecular flexibility index (Phi) is 3.72. The summed E-state index contributed by atoms with van der Waals surface area (Å²) in [5.41, 5.74) is 2.97.